The van der Waals surface area contributed by atoms with Crippen LogP contribution in [-0.2, 0) is 4.74 Å². The maximum absolute atomic E-state index is 5.92. The summed E-state index contributed by atoms with van der Waals surface area (Å²) in [5.41, 5.74) is 6.91. The quantitative estimate of drug-likeness (QED) is 0.785. The van der Waals surface area contributed by atoms with E-state index in [9.17, 15) is 0 Å². The Morgan fingerprint density at radius 2 is 2.15 bits per heavy atom. The Labute approximate surface area is 118 Å². The fourth-order valence-electron chi connectivity index (χ4n) is 1.90. The van der Waals surface area contributed by atoms with E-state index in [2.05, 4.69) is 16.7 Å². The van der Waals surface area contributed by atoms with Crippen LogP contribution in [-0.4, -0.2) is 16.7 Å². The highest BCUT2D eigenvalue weighted by molar-refractivity contribution is 5.22. The molecule has 0 amide bonds. The topological polar surface area (TPSA) is 74.2 Å². The summed E-state index contributed by atoms with van der Waals surface area (Å²) in [6.07, 6.45) is 1.98. The average Bonchev–Trinajstić information content (AvgIpc) is 2.95. The highest BCUT2D eigenvalue weighted by atomic mass is 16.5. The van der Waals surface area contributed by atoms with Gasteiger partial charge in [0.05, 0.1) is 6.04 Å². The minimum Gasteiger partial charge on any atom is -0.366 e. The Kier molecular flexibility index (Phi) is 5.03. The number of rotatable bonds is 7. The molecule has 0 bridgehead atoms. The summed E-state index contributed by atoms with van der Waals surface area (Å²) < 4.78 is 10.9. The van der Waals surface area contributed by atoms with Gasteiger partial charge in [0.1, 0.15) is 6.10 Å². The highest BCUT2D eigenvalue weighted by Crippen LogP contribution is 2.24. The predicted molar refractivity (Wildman–Crippen MR) is 76.0 cm³/mol. The van der Waals surface area contributed by atoms with Crippen LogP contribution in [0.4, 0.5) is 0 Å². The summed E-state index contributed by atoms with van der Waals surface area (Å²) in [5.74, 6) is 0.896. The number of benzene rings is 1. The second-order valence-corrected chi connectivity index (χ2v) is 4.37. The first-order chi connectivity index (χ1) is 9.76. The van der Waals surface area contributed by atoms with Gasteiger partial charge in [0.15, 0.2) is 0 Å². The van der Waals surface area contributed by atoms with Crippen molar-refractivity contribution in [3.8, 4) is 0 Å². The molecule has 0 radical (unpaired) electrons. The lowest BCUT2D eigenvalue weighted by molar-refractivity contribution is 0.0833. The molecule has 1 aromatic carbocycles. The zero-order chi connectivity index (χ0) is 14.4. The molecule has 106 valence electrons. The molecule has 0 spiro atoms. The zero-order valence-corrected chi connectivity index (χ0v) is 11.5. The Hall–Kier alpha value is -1.98. The molecule has 1 aromatic heterocycles. The van der Waals surface area contributed by atoms with Crippen molar-refractivity contribution in [2.45, 2.75) is 25.5 Å². The van der Waals surface area contributed by atoms with Gasteiger partial charge >= 0.3 is 0 Å². The standard InChI is InChI=1S/C15H19N3O2/c1-3-8-12(16)15-17-14(18-20-15)13(19-4-2)11-9-6-5-7-10-11/h3,5-7,9-10,12-13H,1,4,8,16H2,2H3. The van der Waals surface area contributed by atoms with Gasteiger partial charge in [-0.1, -0.05) is 41.6 Å². The van der Waals surface area contributed by atoms with Crippen LogP contribution in [0, 0.1) is 0 Å². The molecule has 2 unspecified atom stereocenters. The van der Waals surface area contributed by atoms with Crippen LogP contribution in [0.25, 0.3) is 0 Å². The number of nitrogens with two attached hydrogens (primary N) is 1. The first-order valence-corrected chi connectivity index (χ1v) is 6.62. The number of hydrogen-bond donors (Lipinski definition) is 1. The fourth-order valence-corrected chi connectivity index (χ4v) is 1.90. The SMILES string of the molecule is C=CCC(N)c1nc(C(OCC)c2ccccc2)no1. The van der Waals surface area contributed by atoms with Crippen LogP contribution in [0.15, 0.2) is 47.5 Å². The minimum atomic E-state index is -0.338. The van der Waals surface area contributed by atoms with Crippen molar-refractivity contribution in [3.63, 3.8) is 0 Å². The predicted octanol–water partition coefficient (Wildman–Crippen LogP) is 2.77. The molecular formula is C15H19N3O2. The number of aromatic nitrogens is 2. The Morgan fingerprint density at radius 3 is 2.80 bits per heavy atom. The molecule has 0 saturated heterocycles. The molecule has 0 aliphatic carbocycles. The third kappa shape index (κ3) is 3.31. The van der Waals surface area contributed by atoms with Crippen LogP contribution < -0.4 is 5.73 Å². The Bertz CT molecular complexity index is 539. The van der Waals surface area contributed by atoms with Crippen LogP contribution in [0.2, 0.25) is 0 Å². The lowest BCUT2D eigenvalue weighted by Gasteiger charge is -2.13. The van der Waals surface area contributed by atoms with Gasteiger partial charge in [-0.2, -0.15) is 4.98 Å². The molecule has 5 nitrogen and oxygen atoms in total. The Morgan fingerprint density at radius 1 is 1.40 bits per heavy atom. The van der Waals surface area contributed by atoms with Crippen molar-refractivity contribution < 1.29 is 9.26 Å². The molecule has 0 saturated carbocycles. The third-order valence-electron chi connectivity index (χ3n) is 2.87. The zero-order valence-electron chi connectivity index (χ0n) is 11.5. The van der Waals surface area contributed by atoms with E-state index in [1.807, 2.05) is 37.3 Å². The largest absolute Gasteiger partial charge is 0.366 e. The van der Waals surface area contributed by atoms with E-state index >= 15 is 0 Å². The van der Waals surface area contributed by atoms with Crippen LogP contribution >= 0.6 is 0 Å². The van der Waals surface area contributed by atoms with Gasteiger partial charge in [-0.25, -0.2) is 0 Å². The Balaban J connectivity index is 2.24. The lowest BCUT2D eigenvalue weighted by atomic mass is 10.1. The van der Waals surface area contributed by atoms with E-state index in [1.165, 1.54) is 0 Å². The minimum absolute atomic E-state index is 0.327. The third-order valence-corrected chi connectivity index (χ3v) is 2.87. The van der Waals surface area contributed by atoms with Gasteiger partial charge in [-0.05, 0) is 18.9 Å². The molecule has 2 N–H and O–H groups in total. The van der Waals surface area contributed by atoms with E-state index in [0.29, 0.717) is 24.7 Å². The average molecular weight is 273 g/mol. The molecule has 0 fully saturated rings. The normalized spacial score (nSPS) is 13.9. The molecule has 2 atom stereocenters. The summed E-state index contributed by atoms with van der Waals surface area (Å²) in [4.78, 5) is 4.35. The van der Waals surface area contributed by atoms with Crippen molar-refractivity contribution in [2.24, 2.45) is 5.73 Å². The van der Waals surface area contributed by atoms with Crippen molar-refractivity contribution >= 4 is 0 Å². The number of nitrogens with zero attached hydrogens (tertiary/aromatic N) is 2. The van der Waals surface area contributed by atoms with Crippen LogP contribution in [0.5, 0.6) is 0 Å². The van der Waals surface area contributed by atoms with E-state index in [-0.39, 0.29) is 12.1 Å². The number of hydrogen-bond acceptors (Lipinski definition) is 5. The van der Waals surface area contributed by atoms with Gasteiger partial charge in [0, 0.05) is 6.61 Å². The van der Waals surface area contributed by atoms with E-state index in [4.69, 9.17) is 15.0 Å². The van der Waals surface area contributed by atoms with E-state index < -0.39 is 0 Å². The van der Waals surface area contributed by atoms with E-state index in [0.717, 1.165) is 5.56 Å². The first-order valence-electron chi connectivity index (χ1n) is 6.62. The molecule has 5 heteroatoms. The van der Waals surface area contributed by atoms with Crippen LogP contribution in [0.3, 0.4) is 0 Å². The molecule has 2 aromatic rings. The molecule has 0 aliphatic rings. The summed E-state index contributed by atoms with van der Waals surface area (Å²) >= 11 is 0. The maximum atomic E-state index is 5.92. The van der Waals surface area contributed by atoms with Gasteiger partial charge in [-0.15, -0.1) is 6.58 Å². The molecule has 2 rings (SSSR count). The van der Waals surface area contributed by atoms with Crippen molar-refractivity contribution in [1.82, 2.24) is 10.1 Å². The number of ether oxygens (including phenoxy) is 1. The maximum Gasteiger partial charge on any atom is 0.243 e. The molecule has 0 aliphatic heterocycles. The van der Waals surface area contributed by atoms with Gasteiger partial charge in [0.2, 0.25) is 11.7 Å². The summed E-state index contributed by atoms with van der Waals surface area (Å²) in [5, 5.41) is 3.99. The van der Waals surface area contributed by atoms with Crippen molar-refractivity contribution in [1.29, 1.82) is 0 Å². The smallest absolute Gasteiger partial charge is 0.243 e. The fraction of sp³-hybridized carbons (Fsp3) is 0.333. The van der Waals surface area contributed by atoms with Crippen molar-refractivity contribution in [2.75, 3.05) is 6.61 Å². The van der Waals surface area contributed by atoms with Gasteiger partial charge in [-0.3, -0.25) is 0 Å². The monoisotopic (exact) mass is 273 g/mol. The second kappa shape index (κ2) is 6.98. The van der Waals surface area contributed by atoms with Crippen molar-refractivity contribution in [3.05, 3.63) is 60.3 Å². The second-order valence-electron chi connectivity index (χ2n) is 4.37. The lowest BCUT2D eigenvalue weighted by Crippen LogP contribution is -2.11. The van der Waals surface area contributed by atoms with Gasteiger partial charge < -0.3 is 15.0 Å². The summed E-state index contributed by atoms with van der Waals surface area (Å²) in [7, 11) is 0. The molecular weight excluding hydrogens is 254 g/mol. The summed E-state index contributed by atoms with van der Waals surface area (Å²) in [6, 6.07) is 9.47. The van der Waals surface area contributed by atoms with Crippen LogP contribution in [0.1, 0.15) is 42.8 Å². The van der Waals surface area contributed by atoms with E-state index in [1.54, 1.807) is 6.08 Å². The van der Waals surface area contributed by atoms with Gasteiger partial charge in [0.25, 0.3) is 0 Å². The first kappa shape index (κ1) is 14.4. The molecule has 1 heterocycles. The molecule has 20 heavy (non-hydrogen) atoms. The summed E-state index contributed by atoms with van der Waals surface area (Å²) in [6.45, 7) is 6.14. The highest BCUT2D eigenvalue weighted by Gasteiger charge is 2.22.